The highest BCUT2D eigenvalue weighted by molar-refractivity contribution is 4.97. The fraction of sp³-hybridized carbons (Fsp3) is 0.600. The lowest BCUT2D eigenvalue weighted by Gasteiger charge is -2.03. The second-order valence-electron chi connectivity index (χ2n) is 3.01. The molecule has 0 saturated heterocycles. The maximum absolute atomic E-state index is 5.18. The lowest BCUT2D eigenvalue weighted by atomic mass is 10.4. The van der Waals surface area contributed by atoms with Crippen molar-refractivity contribution >= 4 is 0 Å². The molecule has 0 aliphatic rings. The van der Waals surface area contributed by atoms with Crippen LogP contribution in [0.4, 0.5) is 0 Å². The van der Waals surface area contributed by atoms with E-state index in [0.29, 0.717) is 0 Å². The molecule has 0 aliphatic carbocycles. The van der Waals surface area contributed by atoms with E-state index in [1.165, 1.54) is 6.42 Å². The third-order valence-corrected chi connectivity index (χ3v) is 1.78. The van der Waals surface area contributed by atoms with E-state index >= 15 is 0 Å². The summed E-state index contributed by atoms with van der Waals surface area (Å²) in [7, 11) is 0. The summed E-state index contributed by atoms with van der Waals surface area (Å²) in [6.45, 7) is 6.10. The molecule has 0 amide bonds. The molecule has 1 aromatic rings. The SMILES string of the molecule is CCCNCCNCc1ccco1. The molecular formula is C10H18N2O. The van der Waals surface area contributed by atoms with Crippen LogP contribution in [0.25, 0.3) is 0 Å². The Morgan fingerprint density at radius 3 is 2.77 bits per heavy atom. The van der Waals surface area contributed by atoms with Crippen LogP contribution < -0.4 is 10.6 Å². The Balaban J connectivity index is 1.90. The van der Waals surface area contributed by atoms with Gasteiger partial charge in [-0.25, -0.2) is 0 Å². The van der Waals surface area contributed by atoms with Crippen LogP contribution in [0.15, 0.2) is 22.8 Å². The topological polar surface area (TPSA) is 37.2 Å². The molecule has 3 nitrogen and oxygen atoms in total. The highest BCUT2D eigenvalue weighted by Gasteiger charge is 1.92. The lowest BCUT2D eigenvalue weighted by Crippen LogP contribution is -2.27. The van der Waals surface area contributed by atoms with Crippen LogP contribution in [0.1, 0.15) is 19.1 Å². The molecule has 0 saturated carbocycles. The molecule has 74 valence electrons. The van der Waals surface area contributed by atoms with E-state index in [0.717, 1.165) is 31.9 Å². The normalized spacial score (nSPS) is 10.5. The van der Waals surface area contributed by atoms with E-state index in [4.69, 9.17) is 4.42 Å². The van der Waals surface area contributed by atoms with E-state index in [-0.39, 0.29) is 0 Å². The number of hydrogen-bond acceptors (Lipinski definition) is 3. The van der Waals surface area contributed by atoms with Gasteiger partial charge in [-0.2, -0.15) is 0 Å². The number of hydrogen-bond donors (Lipinski definition) is 2. The first-order chi connectivity index (χ1) is 6.43. The van der Waals surface area contributed by atoms with Crippen LogP contribution in [0.5, 0.6) is 0 Å². The van der Waals surface area contributed by atoms with Gasteiger partial charge in [-0.3, -0.25) is 0 Å². The standard InChI is InChI=1S/C10H18N2O/c1-2-5-11-6-7-12-9-10-4-3-8-13-10/h3-4,8,11-12H,2,5-7,9H2,1H3. The smallest absolute Gasteiger partial charge is 0.117 e. The molecule has 0 aromatic carbocycles. The minimum atomic E-state index is 0.820. The maximum atomic E-state index is 5.18. The molecular weight excluding hydrogens is 164 g/mol. The summed E-state index contributed by atoms with van der Waals surface area (Å²) in [6, 6.07) is 3.89. The zero-order chi connectivity index (χ0) is 9.36. The summed E-state index contributed by atoms with van der Waals surface area (Å²) in [4.78, 5) is 0. The molecule has 2 N–H and O–H groups in total. The average Bonchev–Trinajstić information content (AvgIpc) is 2.63. The third kappa shape index (κ3) is 4.70. The van der Waals surface area contributed by atoms with Gasteiger partial charge in [0.25, 0.3) is 0 Å². The second-order valence-corrected chi connectivity index (χ2v) is 3.01. The van der Waals surface area contributed by atoms with E-state index < -0.39 is 0 Å². The fourth-order valence-electron chi connectivity index (χ4n) is 1.10. The summed E-state index contributed by atoms with van der Waals surface area (Å²) >= 11 is 0. The van der Waals surface area contributed by atoms with E-state index in [1.54, 1.807) is 6.26 Å². The molecule has 0 radical (unpaired) electrons. The maximum Gasteiger partial charge on any atom is 0.117 e. The van der Waals surface area contributed by atoms with Gasteiger partial charge in [0.15, 0.2) is 0 Å². The first kappa shape index (κ1) is 10.3. The molecule has 1 heterocycles. The molecule has 3 heteroatoms. The van der Waals surface area contributed by atoms with E-state index in [1.807, 2.05) is 12.1 Å². The Morgan fingerprint density at radius 1 is 1.23 bits per heavy atom. The van der Waals surface area contributed by atoms with Crippen LogP contribution in [-0.2, 0) is 6.54 Å². The van der Waals surface area contributed by atoms with Crippen molar-refractivity contribution in [3.8, 4) is 0 Å². The number of furan rings is 1. The Labute approximate surface area is 79.5 Å². The fourth-order valence-corrected chi connectivity index (χ4v) is 1.10. The van der Waals surface area contributed by atoms with Crippen molar-refractivity contribution in [2.45, 2.75) is 19.9 Å². The van der Waals surface area contributed by atoms with Gasteiger partial charge in [0.2, 0.25) is 0 Å². The Hall–Kier alpha value is -0.800. The highest BCUT2D eigenvalue weighted by Crippen LogP contribution is 1.97. The monoisotopic (exact) mass is 182 g/mol. The molecule has 1 aromatic heterocycles. The summed E-state index contributed by atoms with van der Waals surface area (Å²) < 4.78 is 5.18. The van der Waals surface area contributed by atoms with Crippen molar-refractivity contribution in [2.75, 3.05) is 19.6 Å². The second kappa shape index (κ2) is 6.69. The first-order valence-corrected chi connectivity index (χ1v) is 4.87. The quantitative estimate of drug-likeness (QED) is 0.625. The van der Waals surface area contributed by atoms with Gasteiger partial charge in [0.1, 0.15) is 5.76 Å². The van der Waals surface area contributed by atoms with Crippen molar-refractivity contribution in [1.29, 1.82) is 0 Å². The van der Waals surface area contributed by atoms with Crippen molar-refractivity contribution in [3.63, 3.8) is 0 Å². The predicted octanol–water partition coefficient (Wildman–Crippen LogP) is 1.37. The summed E-state index contributed by atoms with van der Waals surface area (Å²) in [5, 5.41) is 6.61. The van der Waals surface area contributed by atoms with Crippen LogP contribution in [0.3, 0.4) is 0 Å². The Kier molecular flexibility index (Phi) is 5.29. The van der Waals surface area contributed by atoms with Crippen molar-refractivity contribution < 1.29 is 4.42 Å². The zero-order valence-electron chi connectivity index (χ0n) is 8.18. The van der Waals surface area contributed by atoms with Gasteiger partial charge in [0.05, 0.1) is 12.8 Å². The molecule has 0 atom stereocenters. The number of rotatable bonds is 7. The molecule has 0 unspecified atom stereocenters. The van der Waals surface area contributed by atoms with Crippen LogP contribution in [-0.4, -0.2) is 19.6 Å². The van der Waals surface area contributed by atoms with Crippen LogP contribution >= 0.6 is 0 Å². The van der Waals surface area contributed by atoms with Gasteiger partial charge in [-0.1, -0.05) is 6.92 Å². The molecule has 0 bridgehead atoms. The van der Waals surface area contributed by atoms with Gasteiger partial charge in [-0.05, 0) is 25.1 Å². The summed E-state index contributed by atoms with van der Waals surface area (Å²) in [5.41, 5.74) is 0. The van der Waals surface area contributed by atoms with Gasteiger partial charge in [-0.15, -0.1) is 0 Å². The van der Waals surface area contributed by atoms with E-state index in [2.05, 4.69) is 17.6 Å². The van der Waals surface area contributed by atoms with Crippen molar-refractivity contribution in [3.05, 3.63) is 24.2 Å². The minimum absolute atomic E-state index is 0.820. The molecule has 0 aliphatic heterocycles. The zero-order valence-corrected chi connectivity index (χ0v) is 8.18. The average molecular weight is 182 g/mol. The molecule has 0 spiro atoms. The minimum Gasteiger partial charge on any atom is -0.468 e. The Bertz CT molecular complexity index is 197. The van der Waals surface area contributed by atoms with Crippen molar-refractivity contribution in [2.24, 2.45) is 0 Å². The number of nitrogens with one attached hydrogen (secondary N) is 2. The van der Waals surface area contributed by atoms with Gasteiger partial charge < -0.3 is 15.1 Å². The van der Waals surface area contributed by atoms with Crippen molar-refractivity contribution in [1.82, 2.24) is 10.6 Å². The largest absolute Gasteiger partial charge is 0.468 e. The molecule has 1 rings (SSSR count). The predicted molar refractivity (Wildman–Crippen MR) is 53.6 cm³/mol. The first-order valence-electron chi connectivity index (χ1n) is 4.87. The van der Waals surface area contributed by atoms with Crippen LogP contribution in [0.2, 0.25) is 0 Å². The summed E-state index contributed by atoms with van der Waals surface area (Å²) in [5.74, 6) is 0.996. The molecule has 0 fully saturated rings. The van der Waals surface area contributed by atoms with Gasteiger partial charge >= 0.3 is 0 Å². The van der Waals surface area contributed by atoms with Gasteiger partial charge in [0, 0.05) is 13.1 Å². The summed E-state index contributed by atoms with van der Waals surface area (Å²) in [6.07, 6.45) is 2.89. The highest BCUT2D eigenvalue weighted by atomic mass is 16.3. The third-order valence-electron chi connectivity index (χ3n) is 1.78. The van der Waals surface area contributed by atoms with Crippen LogP contribution in [0, 0.1) is 0 Å². The Morgan fingerprint density at radius 2 is 2.08 bits per heavy atom. The lowest BCUT2D eigenvalue weighted by molar-refractivity contribution is 0.480. The van der Waals surface area contributed by atoms with E-state index in [9.17, 15) is 0 Å². The molecule has 13 heavy (non-hydrogen) atoms.